The van der Waals surface area contributed by atoms with Gasteiger partial charge in [0.05, 0.1) is 11.0 Å². The predicted octanol–water partition coefficient (Wildman–Crippen LogP) is 2.04. The van der Waals surface area contributed by atoms with Crippen LogP contribution in [0.4, 0.5) is 14.5 Å². The molecule has 2 N–H and O–H groups in total. The van der Waals surface area contributed by atoms with Crippen molar-refractivity contribution in [2.45, 2.75) is 11.0 Å². The quantitative estimate of drug-likeness (QED) is 0.831. The molecule has 1 atom stereocenters. The van der Waals surface area contributed by atoms with E-state index >= 15 is 0 Å². The van der Waals surface area contributed by atoms with Gasteiger partial charge in [-0.1, -0.05) is 12.1 Å². The Morgan fingerprint density at radius 3 is 2.12 bits per heavy atom. The zero-order chi connectivity index (χ0) is 17.9. The molecule has 1 unspecified atom stereocenters. The maximum atomic E-state index is 13.1. The van der Waals surface area contributed by atoms with Crippen LogP contribution in [0, 0.1) is 11.6 Å². The molecule has 0 saturated carbocycles. The molecular formula is C16H18F2N2O3S. The average molecular weight is 356 g/mol. The second-order valence-corrected chi connectivity index (χ2v) is 7.23. The van der Waals surface area contributed by atoms with Gasteiger partial charge in [-0.25, -0.2) is 21.9 Å². The Morgan fingerprint density at radius 2 is 1.62 bits per heavy atom. The van der Waals surface area contributed by atoms with Crippen molar-refractivity contribution in [3.63, 3.8) is 0 Å². The number of sulfonamides is 1. The van der Waals surface area contributed by atoms with Gasteiger partial charge in [0.2, 0.25) is 10.0 Å². The maximum absolute atomic E-state index is 13.1. The van der Waals surface area contributed by atoms with Crippen LogP contribution in [0.3, 0.4) is 0 Å². The van der Waals surface area contributed by atoms with Gasteiger partial charge in [0.1, 0.15) is 11.6 Å². The van der Waals surface area contributed by atoms with Crippen LogP contribution < -0.4 is 9.62 Å². The zero-order valence-corrected chi connectivity index (χ0v) is 14.0. The van der Waals surface area contributed by atoms with Gasteiger partial charge in [-0.3, -0.25) is 0 Å². The lowest BCUT2D eigenvalue weighted by molar-refractivity contribution is 0.182. The van der Waals surface area contributed by atoms with E-state index in [1.165, 1.54) is 0 Å². The van der Waals surface area contributed by atoms with Gasteiger partial charge in [0.15, 0.2) is 0 Å². The third-order valence-electron chi connectivity index (χ3n) is 3.41. The van der Waals surface area contributed by atoms with Gasteiger partial charge >= 0.3 is 0 Å². The van der Waals surface area contributed by atoms with Gasteiger partial charge in [-0.15, -0.1) is 0 Å². The molecule has 24 heavy (non-hydrogen) atoms. The van der Waals surface area contributed by atoms with Crippen LogP contribution in [0.5, 0.6) is 0 Å². The molecule has 0 aliphatic rings. The molecule has 0 radical (unpaired) electrons. The molecule has 0 heterocycles. The lowest BCUT2D eigenvalue weighted by Crippen LogP contribution is -2.28. The summed E-state index contributed by atoms with van der Waals surface area (Å²) < 4.78 is 52.5. The Labute approximate surface area is 139 Å². The first-order chi connectivity index (χ1) is 11.2. The minimum Gasteiger partial charge on any atom is -0.387 e. The summed E-state index contributed by atoms with van der Waals surface area (Å²) in [5.41, 5.74) is 1.45. The van der Waals surface area contributed by atoms with Crippen molar-refractivity contribution in [3.8, 4) is 0 Å². The van der Waals surface area contributed by atoms with Crippen molar-refractivity contribution in [2.75, 3.05) is 25.5 Å². The third-order valence-corrected chi connectivity index (χ3v) is 4.81. The molecule has 8 heteroatoms. The third kappa shape index (κ3) is 4.50. The molecule has 0 fully saturated rings. The first-order valence-corrected chi connectivity index (χ1v) is 8.58. The van der Waals surface area contributed by atoms with E-state index in [1.807, 2.05) is 19.0 Å². The Kier molecular flexibility index (Phi) is 5.53. The second-order valence-electron chi connectivity index (χ2n) is 5.46. The molecule has 2 aromatic carbocycles. The Hall–Kier alpha value is -2.03. The number of nitrogens with zero attached hydrogens (tertiary/aromatic N) is 1. The smallest absolute Gasteiger partial charge is 0.240 e. The molecule has 5 nitrogen and oxygen atoms in total. The van der Waals surface area contributed by atoms with Crippen LogP contribution in [0.2, 0.25) is 0 Å². The predicted molar refractivity (Wildman–Crippen MR) is 87.3 cm³/mol. The van der Waals surface area contributed by atoms with Crippen molar-refractivity contribution < 1.29 is 22.3 Å². The summed E-state index contributed by atoms with van der Waals surface area (Å²) in [7, 11) is -0.383. The molecule has 2 aromatic rings. The van der Waals surface area contributed by atoms with Crippen LogP contribution in [0.1, 0.15) is 11.7 Å². The summed E-state index contributed by atoms with van der Waals surface area (Å²) in [5, 5.41) is 10.1. The summed E-state index contributed by atoms with van der Waals surface area (Å²) in [5.74, 6) is -1.98. The van der Waals surface area contributed by atoms with Crippen LogP contribution >= 0.6 is 0 Å². The number of aliphatic hydroxyl groups is 1. The first kappa shape index (κ1) is 18.3. The lowest BCUT2D eigenvalue weighted by atomic mass is 10.1. The van der Waals surface area contributed by atoms with E-state index < -0.39 is 32.7 Å². The van der Waals surface area contributed by atoms with Crippen LogP contribution in [0.15, 0.2) is 47.4 Å². The minimum atomic E-state index is -4.13. The fourth-order valence-electron chi connectivity index (χ4n) is 2.07. The first-order valence-electron chi connectivity index (χ1n) is 7.10. The van der Waals surface area contributed by atoms with E-state index in [2.05, 4.69) is 4.72 Å². The highest BCUT2D eigenvalue weighted by Crippen LogP contribution is 2.19. The largest absolute Gasteiger partial charge is 0.387 e. The van der Waals surface area contributed by atoms with E-state index in [1.54, 1.807) is 24.3 Å². The Morgan fingerprint density at radius 1 is 1.08 bits per heavy atom. The standard InChI is InChI=1S/C16H18F2N2O3S/c1-20(2)14-5-3-11(4-6-14)16(21)10-19-24(22,23)15-8-12(17)7-13(18)9-15/h3-9,16,19,21H,10H2,1-2H3. The summed E-state index contributed by atoms with van der Waals surface area (Å²) in [4.78, 5) is 1.35. The van der Waals surface area contributed by atoms with Crippen molar-refractivity contribution >= 4 is 15.7 Å². The fraction of sp³-hybridized carbons (Fsp3) is 0.250. The number of benzene rings is 2. The maximum Gasteiger partial charge on any atom is 0.240 e. The summed E-state index contributed by atoms with van der Waals surface area (Å²) in [6.07, 6.45) is -1.09. The highest BCUT2D eigenvalue weighted by Gasteiger charge is 2.18. The SMILES string of the molecule is CN(C)c1ccc(C(O)CNS(=O)(=O)c2cc(F)cc(F)c2)cc1. The number of hydrogen-bond donors (Lipinski definition) is 2. The number of rotatable bonds is 6. The molecule has 2 rings (SSSR count). The second kappa shape index (κ2) is 7.25. The molecule has 0 aliphatic heterocycles. The normalized spacial score (nSPS) is 12.9. The van der Waals surface area contributed by atoms with Crippen molar-refractivity contribution in [3.05, 3.63) is 59.7 Å². The van der Waals surface area contributed by atoms with Gasteiger partial charge in [-0.05, 0) is 29.8 Å². The molecule has 0 amide bonds. The number of anilines is 1. The van der Waals surface area contributed by atoms with Crippen LogP contribution in [-0.4, -0.2) is 34.2 Å². The summed E-state index contributed by atoms with van der Waals surface area (Å²) in [6.45, 7) is -0.318. The number of aliphatic hydroxyl groups excluding tert-OH is 1. The van der Waals surface area contributed by atoms with E-state index in [-0.39, 0.29) is 6.54 Å². The average Bonchev–Trinajstić information content (AvgIpc) is 2.52. The molecular weight excluding hydrogens is 338 g/mol. The topological polar surface area (TPSA) is 69.6 Å². The molecule has 0 aromatic heterocycles. The van der Waals surface area contributed by atoms with Gasteiger partial charge < -0.3 is 10.0 Å². The Balaban J connectivity index is 2.08. The van der Waals surface area contributed by atoms with Gasteiger partial charge in [-0.2, -0.15) is 0 Å². The van der Waals surface area contributed by atoms with E-state index in [4.69, 9.17) is 0 Å². The fourth-order valence-corrected chi connectivity index (χ4v) is 3.15. The highest BCUT2D eigenvalue weighted by atomic mass is 32.2. The van der Waals surface area contributed by atoms with E-state index in [0.29, 0.717) is 23.8 Å². The molecule has 130 valence electrons. The van der Waals surface area contributed by atoms with Gasteiger partial charge in [0.25, 0.3) is 0 Å². The molecule has 0 spiro atoms. The van der Waals surface area contributed by atoms with Crippen molar-refractivity contribution in [1.82, 2.24) is 4.72 Å². The minimum absolute atomic E-state index is 0.318. The zero-order valence-electron chi connectivity index (χ0n) is 13.2. The Bertz CT molecular complexity index is 788. The van der Waals surface area contributed by atoms with Crippen LogP contribution in [0.25, 0.3) is 0 Å². The van der Waals surface area contributed by atoms with E-state index in [0.717, 1.165) is 5.69 Å². The number of halogens is 2. The van der Waals surface area contributed by atoms with Gasteiger partial charge in [0, 0.05) is 32.4 Å². The molecule has 0 bridgehead atoms. The lowest BCUT2D eigenvalue weighted by Gasteiger charge is -2.16. The number of nitrogens with one attached hydrogen (secondary N) is 1. The van der Waals surface area contributed by atoms with E-state index in [9.17, 15) is 22.3 Å². The summed E-state index contributed by atoms with van der Waals surface area (Å²) in [6, 6.07) is 8.93. The van der Waals surface area contributed by atoms with Crippen LogP contribution in [-0.2, 0) is 10.0 Å². The summed E-state index contributed by atoms with van der Waals surface area (Å²) >= 11 is 0. The van der Waals surface area contributed by atoms with Crippen molar-refractivity contribution in [1.29, 1.82) is 0 Å². The number of hydrogen-bond acceptors (Lipinski definition) is 4. The molecule has 0 aliphatic carbocycles. The van der Waals surface area contributed by atoms with Crippen molar-refractivity contribution in [2.24, 2.45) is 0 Å². The monoisotopic (exact) mass is 356 g/mol. The highest BCUT2D eigenvalue weighted by molar-refractivity contribution is 7.89. The molecule has 0 saturated heterocycles.